The van der Waals surface area contributed by atoms with Crippen molar-refractivity contribution < 1.29 is 24.0 Å². The van der Waals surface area contributed by atoms with Crippen LogP contribution in [0.1, 0.15) is 25.5 Å². The van der Waals surface area contributed by atoms with E-state index in [9.17, 15) is 24.0 Å². The van der Waals surface area contributed by atoms with Gasteiger partial charge in [-0.3, -0.25) is 24.1 Å². The third-order valence-corrected chi connectivity index (χ3v) is 6.81. The Morgan fingerprint density at radius 1 is 1.19 bits per heavy atom. The van der Waals surface area contributed by atoms with Crippen LogP contribution >= 0.6 is 11.8 Å². The van der Waals surface area contributed by atoms with Crippen molar-refractivity contribution in [1.82, 2.24) is 25.8 Å². The number of likely N-dealkylation sites (N-methyl/N-ethyl adjacent to an activating group) is 1. The van der Waals surface area contributed by atoms with Crippen LogP contribution < -0.4 is 16.0 Å². The average molecular weight is 448 g/mol. The molecule has 3 rings (SSSR count). The molecule has 1 aromatic rings. The predicted molar refractivity (Wildman–Crippen MR) is 114 cm³/mol. The molecule has 10 nitrogen and oxygen atoms in total. The molecule has 0 aliphatic carbocycles. The molecule has 0 radical (unpaired) electrons. The first kappa shape index (κ1) is 22.6. The number of amides is 6. The zero-order chi connectivity index (χ0) is 22.8. The number of benzene rings is 1. The van der Waals surface area contributed by atoms with Crippen molar-refractivity contribution in [2.24, 2.45) is 0 Å². The monoisotopic (exact) mass is 447 g/mol. The number of urea groups is 1. The van der Waals surface area contributed by atoms with E-state index in [2.05, 4.69) is 16.0 Å². The average Bonchev–Trinajstić information content (AvgIpc) is 2.77. The summed E-state index contributed by atoms with van der Waals surface area (Å²) in [5.74, 6) is -2.62. The molecule has 0 bridgehead atoms. The molecule has 2 aliphatic rings. The highest BCUT2D eigenvalue weighted by molar-refractivity contribution is 8.00. The number of thioether (sulfide) groups is 1. The van der Waals surface area contributed by atoms with Crippen molar-refractivity contribution in [2.75, 3.05) is 25.9 Å². The van der Waals surface area contributed by atoms with Crippen molar-refractivity contribution in [1.29, 1.82) is 0 Å². The van der Waals surface area contributed by atoms with Gasteiger partial charge in [0.25, 0.3) is 5.91 Å². The highest BCUT2D eigenvalue weighted by Gasteiger charge is 2.54. The number of imide groups is 1. The van der Waals surface area contributed by atoms with E-state index < -0.39 is 34.7 Å². The van der Waals surface area contributed by atoms with Gasteiger partial charge < -0.3 is 20.9 Å². The maximum Gasteiger partial charge on any atom is 0.325 e. The van der Waals surface area contributed by atoms with E-state index in [1.54, 1.807) is 50.4 Å². The lowest BCUT2D eigenvalue weighted by Crippen LogP contribution is -2.77. The second-order valence-corrected chi connectivity index (χ2v) is 8.31. The van der Waals surface area contributed by atoms with Gasteiger partial charge in [-0.25, -0.2) is 4.79 Å². The summed E-state index contributed by atoms with van der Waals surface area (Å²) >= 11 is 1.20. The molecule has 166 valence electrons. The molecule has 3 unspecified atom stereocenters. The van der Waals surface area contributed by atoms with Gasteiger partial charge >= 0.3 is 17.8 Å². The van der Waals surface area contributed by atoms with Crippen molar-refractivity contribution in [3.63, 3.8) is 0 Å². The summed E-state index contributed by atoms with van der Waals surface area (Å²) < 4.78 is 0. The molecule has 0 saturated carbocycles. The number of nitrogens with zero attached hydrogens (tertiary/aromatic N) is 2. The molecular weight excluding hydrogens is 422 g/mol. The number of hydrogen-bond donors (Lipinski definition) is 3. The van der Waals surface area contributed by atoms with Crippen molar-refractivity contribution in [2.45, 2.75) is 30.8 Å². The zero-order valence-corrected chi connectivity index (χ0v) is 18.3. The van der Waals surface area contributed by atoms with Crippen LogP contribution in [-0.2, 0) is 19.2 Å². The van der Waals surface area contributed by atoms with Crippen LogP contribution in [-0.4, -0.2) is 76.3 Å². The van der Waals surface area contributed by atoms with Crippen LogP contribution in [0.15, 0.2) is 30.3 Å². The van der Waals surface area contributed by atoms with Gasteiger partial charge in [0, 0.05) is 19.6 Å². The quantitative estimate of drug-likeness (QED) is 0.315. The summed E-state index contributed by atoms with van der Waals surface area (Å²) in [6.45, 7) is 4.14. The van der Waals surface area contributed by atoms with E-state index >= 15 is 0 Å². The van der Waals surface area contributed by atoms with Gasteiger partial charge in [-0.05, 0) is 25.7 Å². The Morgan fingerprint density at radius 3 is 2.42 bits per heavy atom. The first-order chi connectivity index (χ1) is 14.7. The van der Waals surface area contributed by atoms with Gasteiger partial charge in [-0.1, -0.05) is 30.3 Å². The van der Waals surface area contributed by atoms with E-state index in [1.807, 2.05) is 0 Å². The number of carbonyl (C=O) groups excluding carboxylic acids is 5. The lowest BCUT2D eigenvalue weighted by atomic mass is 9.98. The number of hydrogen-bond acceptors (Lipinski definition) is 6. The second kappa shape index (κ2) is 8.96. The Kier molecular flexibility index (Phi) is 6.54. The Labute approximate surface area is 184 Å². The van der Waals surface area contributed by atoms with Crippen LogP contribution in [0.3, 0.4) is 0 Å². The smallest absolute Gasteiger partial charge is 0.325 e. The van der Waals surface area contributed by atoms with Crippen molar-refractivity contribution >= 4 is 41.4 Å². The van der Waals surface area contributed by atoms with E-state index in [0.29, 0.717) is 12.1 Å². The van der Waals surface area contributed by atoms with Gasteiger partial charge in [0.1, 0.15) is 6.04 Å². The largest absolute Gasteiger partial charge is 0.347 e. The summed E-state index contributed by atoms with van der Waals surface area (Å²) in [4.78, 5) is 63.7. The standard InChI is InChI=1S/C20H25N5O5S/c1-4-24-10-11-25(17(28)16(24)27)19(30)22-14(13-8-6-5-7-9-13)15(26)23-20(31-3)12(2)21-18(20)29/h5-9,12,14H,4,10-11H2,1-3H3,(H,21,29)(H,22,30)(H,23,26). The molecule has 0 spiro atoms. The maximum atomic E-state index is 13.2. The zero-order valence-electron chi connectivity index (χ0n) is 17.5. The molecule has 11 heteroatoms. The number of nitrogens with one attached hydrogen (secondary N) is 3. The number of β-lactam (4-membered cyclic amide) rings is 1. The Morgan fingerprint density at radius 2 is 1.87 bits per heavy atom. The minimum Gasteiger partial charge on any atom is -0.347 e. The molecule has 1 aromatic carbocycles. The van der Waals surface area contributed by atoms with Gasteiger partial charge in [-0.2, -0.15) is 0 Å². The van der Waals surface area contributed by atoms with E-state index in [1.165, 1.54) is 16.7 Å². The van der Waals surface area contributed by atoms with Crippen LogP contribution in [0, 0.1) is 0 Å². The van der Waals surface area contributed by atoms with E-state index in [-0.39, 0.29) is 25.0 Å². The fraction of sp³-hybridized carbons (Fsp3) is 0.450. The fourth-order valence-corrected chi connectivity index (χ4v) is 4.44. The molecule has 3 atom stereocenters. The van der Waals surface area contributed by atoms with Crippen molar-refractivity contribution in [3.8, 4) is 0 Å². The fourth-order valence-electron chi connectivity index (χ4n) is 3.58. The number of carbonyl (C=O) groups is 5. The minimum absolute atomic E-state index is 0.0293. The summed E-state index contributed by atoms with van der Waals surface area (Å²) in [7, 11) is 0. The number of piperazine rings is 1. The molecule has 6 amide bonds. The summed E-state index contributed by atoms with van der Waals surface area (Å²) in [5.41, 5.74) is 0.475. The molecule has 2 aliphatic heterocycles. The van der Waals surface area contributed by atoms with E-state index in [0.717, 1.165) is 4.90 Å². The topological polar surface area (TPSA) is 128 Å². The summed E-state index contributed by atoms with van der Waals surface area (Å²) in [6, 6.07) is 6.18. The second-order valence-electron chi connectivity index (χ2n) is 7.26. The molecule has 0 aromatic heterocycles. The molecule has 3 N–H and O–H groups in total. The van der Waals surface area contributed by atoms with Crippen LogP contribution in [0.4, 0.5) is 4.79 Å². The lowest BCUT2D eigenvalue weighted by molar-refractivity contribution is -0.153. The van der Waals surface area contributed by atoms with E-state index in [4.69, 9.17) is 0 Å². The van der Waals surface area contributed by atoms with Gasteiger partial charge in [-0.15, -0.1) is 11.8 Å². The summed E-state index contributed by atoms with van der Waals surface area (Å²) in [5, 5.41) is 7.98. The van der Waals surface area contributed by atoms with Crippen LogP contribution in [0.25, 0.3) is 0 Å². The molecule has 2 saturated heterocycles. The first-order valence-corrected chi connectivity index (χ1v) is 11.1. The number of rotatable bonds is 6. The van der Waals surface area contributed by atoms with Crippen molar-refractivity contribution in [3.05, 3.63) is 35.9 Å². The molecular formula is C20H25N5O5S. The molecule has 2 heterocycles. The summed E-state index contributed by atoms with van der Waals surface area (Å²) in [6.07, 6.45) is 1.71. The predicted octanol–water partition coefficient (Wildman–Crippen LogP) is -0.178. The molecule has 2 fully saturated rings. The third-order valence-electron chi connectivity index (χ3n) is 5.52. The highest BCUT2D eigenvalue weighted by atomic mass is 32.2. The maximum absolute atomic E-state index is 13.2. The van der Waals surface area contributed by atoms with Gasteiger partial charge in [0.2, 0.25) is 5.91 Å². The Bertz CT molecular complexity index is 910. The Balaban J connectivity index is 1.81. The SMILES string of the molecule is CCN1CCN(C(=O)NC(C(=O)NC2(SC)C(=O)NC2C)c2ccccc2)C(=O)C1=O. The third kappa shape index (κ3) is 4.09. The van der Waals surface area contributed by atoms with Crippen LogP contribution in [0.2, 0.25) is 0 Å². The normalized spacial score (nSPS) is 24.2. The van der Waals surface area contributed by atoms with Gasteiger partial charge in [0.05, 0.1) is 6.04 Å². The highest BCUT2D eigenvalue weighted by Crippen LogP contribution is 2.32. The first-order valence-electron chi connectivity index (χ1n) is 9.89. The van der Waals surface area contributed by atoms with Gasteiger partial charge in [0.15, 0.2) is 4.87 Å². The minimum atomic E-state index is -1.16. The lowest BCUT2D eigenvalue weighted by Gasteiger charge is -2.46. The molecule has 31 heavy (non-hydrogen) atoms. The van der Waals surface area contributed by atoms with Crippen LogP contribution in [0.5, 0.6) is 0 Å². The Hall–Kier alpha value is -3.08.